The molecule has 0 amide bonds. The Kier molecular flexibility index (Phi) is 3.96. The molecule has 1 aliphatic carbocycles. The first kappa shape index (κ1) is 18.2. The summed E-state index contributed by atoms with van der Waals surface area (Å²) in [5, 5.41) is 16.6. The maximum absolute atomic E-state index is 10.9. The summed E-state index contributed by atoms with van der Waals surface area (Å²) >= 11 is 1.78. The van der Waals surface area contributed by atoms with Crippen molar-refractivity contribution in [1.29, 1.82) is 0 Å². The van der Waals surface area contributed by atoms with E-state index in [1.54, 1.807) is 34.3 Å². The highest BCUT2D eigenvalue weighted by Gasteiger charge is 2.31. The van der Waals surface area contributed by atoms with E-state index in [0.717, 1.165) is 34.3 Å². The summed E-state index contributed by atoms with van der Waals surface area (Å²) in [6.45, 7) is 6.96. The van der Waals surface area contributed by atoms with Crippen molar-refractivity contribution in [2.24, 2.45) is 11.3 Å². The van der Waals surface area contributed by atoms with E-state index in [2.05, 4.69) is 30.9 Å². The van der Waals surface area contributed by atoms with Crippen molar-refractivity contribution in [3.05, 3.63) is 51.1 Å². The Bertz CT molecular complexity index is 1250. The summed E-state index contributed by atoms with van der Waals surface area (Å²) in [4.78, 5) is 22.3. The average Bonchev–Trinajstić information content (AvgIpc) is 3.27. The summed E-state index contributed by atoms with van der Waals surface area (Å²) in [5.74, 6) is 1.23. The summed E-state index contributed by atoms with van der Waals surface area (Å²) in [6, 6.07) is 6.34. The molecule has 29 heavy (non-hydrogen) atoms. The van der Waals surface area contributed by atoms with Crippen LogP contribution in [-0.2, 0) is 12.8 Å². The van der Waals surface area contributed by atoms with E-state index in [1.807, 2.05) is 0 Å². The van der Waals surface area contributed by atoms with E-state index >= 15 is 0 Å². The highest BCUT2D eigenvalue weighted by Crippen LogP contribution is 2.43. The second-order valence-electron chi connectivity index (χ2n) is 8.74. The van der Waals surface area contributed by atoms with Gasteiger partial charge in [0.1, 0.15) is 11.2 Å². The van der Waals surface area contributed by atoms with Gasteiger partial charge in [-0.15, -0.1) is 16.4 Å². The highest BCUT2D eigenvalue weighted by molar-refractivity contribution is 7.19. The predicted molar refractivity (Wildman–Crippen MR) is 113 cm³/mol. The SMILES string of the molecule is CC(C)(C)[C@@H]1CCc2c(sc3ncn4nc(-c5ccc([N+](=O)[O-])cc5)nc4c23)C1. The van der Waals surface area contributed by atoms with E-state index in [4.69, 9.17) is 4.98 Å². The summed E-state index contributed by atoms with van der Waals surface area (Å²) < 4.78 is 1.72. The van der Waals surface area contributed by atoms with Crippen molar-refractivity contribution in [2.75, 3.05) is 0 Å². The molecule has 3 aromatic heterocycles. The molecule has 0 aliphatic heterocycles. The average molecular weight is 407 g/mol. The molecule has 0 saturated carbocycles. The van der Waals surface area contributed by atoms with Crippen molar-refractivity contribution >= 4 is 32.9 Å². The fourth-order valence-corrected chi connectivity index (χ4v) is 5.43. The Hall–Kier alpha value is -2.87. The molecule has 4 aromatic rings. The van der Waals surface area contributed by atoms with Gasteiger partial charge in [0.05, 0.1) is 10.3 Å². The molecule has 0 spiro atoms. The maximum atomic E-state index is 10.9. The standard InChI is InChI=1S/C21H21N5O2S/c1-21(2,3)13-6-9-15-16(10-13)29-20-17(15)19-23-18(24-25(19)11-22-20)12-4-7-14(8-5-12)26(27)28/h4-5,7-8,11,13H,6,9-10H2,1-3H3/t13-/m1/s1. The number of aromatic nitrogens is 4. The van der Waals surface area contributed by atoms with Crippen molar-refractivity contribution in [3.63, 3.8) is 0 Å². The fraction of sp³-hybridized carbons (Fsp3) is 0.381. The van der Waals surface area contributed by atoms with Gasteiger partial charge in [-0.25, -0.2) is 14.5 Å². The molecule has 1 aromatic carbocycles. The smallest absolute Gasteiger partial charge is 0.258 e. The summed E-state index contributed by atoms with van der Waals surface area (Å²) in [7, 11) is 0. The normalized spacial score (nSPS) is 17.0. The van der Waals surface area contributed by atoms with Crippen molar-refractivity contribution in [2.45, 2.75) is 40.0 Å². The molecule has 3 heterocycles. The third-order valence-corrected chi connectivity index (χ3v) is 7.11. The van der Waals surface area contributed by atoms with E-state index in [0.29, 0.717) is 17.2 Å². The van der Waals surface area contributed by atoms with Crippen LogP contribution in [0.15, 0.2) is 30.6 Å². The van der Waals surface area contributed by atoms with Crippen LogP contribution in [0.1, 0.15) is 37.6 Å². The van der Waals surface area contributed by atoms with Gasteiger partial charge in [-0.3, -0.25) is 10.1 Å². The zero-order valence-corrected chi connectivity index (χ0v) is 17.4. The van der Waals surface area contributed by atoms with Crippen LogP contribution in [0.3, 0.4) is 0 Å². The number of rotatable bonds is 2. The first-order valence-corrected chi connectivity index (χ1v) is 10.5. The molecule has 8 heteroatoms. The van der Waals surface area contributed by atoms with Crippen LogP contribution in [0.2, 0.25) is 0 Å². The number of nitro groups is 1. The highest BCUT2D eigenvalue weighted by atomic mass is 32.1. The first-order valence-electron chi connectivity index (χ1n) is 9.72. The number of nitrogens with zero attached hydrogens (tertiary/aromatic N) is 5. The Balaban J connectivity index is 1.61. The van der Waals surface area contributed by atoms with Crippen LogP contribution in [0, 0.1) is 21.4 Å². The number of hydrogen-bond acceptors (Lipinski definition) is 6. The topological polar surface area (TPSA) is 86.2 Å². The molecule has 148 valence electrons. The van der Waals surface area contributed by atoms with Gasteiger partial charge in [0, 0.05) is 22.6 Å². The third kappa shape index (κ3) is 2.98. The third-order valence-electron chi connectivity index (χ3n) is 5.95. The van der Waals surface area contributed by atoms with Crippen LogP contribution in [0.4, 0.5) is 5.69 Å². The van der Waals surface area contributed by atoms with Crippen molar-refractivity contribution in [1.82, 2.24) is 19.6 Å². The summed E-state index contributed by atoms with van der Waals surface area (Å²) in [5.41, 5.74) is 3.29. The monoisotopic (exact) mass is 407 g/mol. The lowest BCUT2D eigenvalue weighted by molar-refractivity contribution is -0.384. The largest absolute Gasteiger partial charge is 0.269 e. The minimum absolute atomic E-state index is 0.0573. The zero-order valence-electron chi connectivity index (χ0n) is 16.5. The van der Waals surface area contributed by atoms with Gasteiger partial charge in [0.15, 0.2) is 11.5 Å². The summed E-state index contributed by atoms with van der Waals surface area (Å²) in [6.07, 6.45) is 5.02. The number of fused-ring (bicyclic) bond motifs is 5. The van der Waals surface area contributed by atoms with E-state index < -0.39 is 4.92 Å². The van der Waals surface area contributed by atoms with Crippen LogP contribution in [-0.4, -0.2) is 24.5 Å². The van der Waals surface area contributed by atoms with Crippen LogP contribution < -0.4 is 0 Å². The van der Waals surface area contributed by atoms with Gasteiger partial charge in [0.2, 0.25) is 0 Å². The number of hydrogen-bond donors (Lipinski definition) is 0. The molecule has 7 nitrogen and oxygen atoms in total. The zero-order chi connectivity index (χ0) is 20.3. The van der Waals surface area contributed by atoms with Crippen LogP contribution >= 0.6 is 11.3 Å². The fourth-order valence-electron chi connectivity index (χ4n) is 4.17. The van der Waals surface area contributed by atoms with Crippen LogP contribution in [0.5, 0.6) is 0 Å². The lowest BCUT2D eigenvalue weighted by atomic mass is 9.72. The maximum Gasteiger partial charge on any atom is 0.269 e. The second kappa shape index (κ2) is 6.32. The molecule has 1 atom stereocenters. The molecule has 5 rings (SSSR count). The number of benzene rings is 1. The van der Waals surface area contributed by atoms with Crippen LogP contribution in [0.25, 0.3) is 27.3 Å². The molecule has 0 bridgehead atoms. The Labute approximate surface area is 171 Å². The molecule has 0 unspecified atom stereocenters. The molecule has 0 fully saturated rings. The number of nitro benzene ring substituents is 1. The second-order valence-corrected chi connectivity index (χ2v) is 9.83. The van der Waals surface area contributed by atoms with Gasteiger partial charge in [-0.1, -0.05) is 20.8 Å². The van der Waals surface area contributed by atoms with Gasteiger partial charge in [-0.05, 0) is 48.3 Å². The molecule has 0 radical (unpaired) electrons. The van der Waals surface area contributed by atoms with Crippen molar-refractivity contribution in [3.8, 4) is 11.4 Å². The lowest BCUT2D eigenvalue weighted by Crippen LogP contribution is -2.26. The minimum atomic E-state index is -0.406. The first-order chi connectivity index (χ1) is 13.8. The predicted octanol–water partition coefficient (Wildman–Crippen LogP) is 5.07. The lowest BCUT2D eigenvalue weighted by Gasteiger charge is -2.33. The Morgan fingerprint density at radius 2 is 2.00 bits per heavy atom. The number of non-ortho nitro benzene ring substituents is 1. The molecule has 0 saturated heterocycles. The molecular weight excluding hydrogens is 386 g/mol. The van der Waals surface area contributed by atoms with E-state index in [-0.39, 0.29) is 5.69 Å². The molecule has 1 aliphatic rings. The quantitative estimate of drug-likeness (QED) is 0.342. The van der Waals surface area contributed by atoms with E-state index in [9.17, 15) is 10.1 Å². The Morgan fingerprint density at radius 1 is 1.24 bits per heavy atom. The van der Waals surface area contributed by atoms with Gasteiger partial charge in [-0.2, -0.15) is 0 Å². The Morgan fingerprint density at radius 3 is 2.69 bits per heavy atom. The number of aryl methyl sites for hydroxylation is 1. The molecular formula is C21H21N5O2S. The number of thiophene rings is 1. The molecule has 0 N–H and O–H groups in total. The van der Waals surface area contributed by atoms with Gasteiger partial charge in [0.25, 0.3) is 5.69 Å². The van der Waals surface area contributed by atoms with Gasteiger partial charge < -0.3 is 0 Å². The van der Waals surface area contributed by atoms with E-state index in [1.165, 1.54) is 29.0 Å². The minimum Gasteiger partial charge on any atom is -0.258 e. The van der Waals surface area contributed by atoms with Gasteiger partial charge >= 0.3 is 0 Å². The van der Waals surface area contributed by atoms with Crippen molar-refractivity contribution < 1.29 is 4.92 Å².